The number of anilines is 1. The molecule has 0 amide bonds. The molecule has 0 aromatic carbocycles. The first-order chi connectivity index (χ1) is 5.38. The maximum atomic E-state index is 3.44. The maximum absolute atomic E-state index is 3.44. The van der Waals surface area contributed by atoms with E-state index in [0.29, 0.717) is 0 Å². The van der Waals surface area contributed by atoms with E-state index in [0.717, 1.165) is 6.54 Å². The average molecular weight is 150 g/mol. The Morgan fingerprint density at radius 2 is 2.27 bits per heavy atom. The van der Waals surface area contributed by atoms with E-state index in [1.165, 1.54) is 36.2 Å². The Bertz CT molecular complexity index is 250. The van der Waals surface area contributed by atoms with Crippen LogP contribution in [0.3, 0.4) is 0 Å². The molecule has 1 aromatic rings. The van der Waals surface area contributed by atoms with Gasteiger partial charge in [-0.15, -0.1) is 0 Å². The van der Waals surface area contributed by atoms with Crippen LogP contribution in [-0.4, -0.2) is 11.5 Å². The van der Waals surface area contributed by atoms with E-state index in [1.54, 1.807) is 0 Å². The lowest BCUT2D eigenvalue weighted by Gasteiger charge is -2.01. The summed E-state index contributed by atoms with van der Waals surface area (Å²) in [6, 6.07) is 0. The van der Waals surface area contributed by atoms with Crippen LogP contribution in [-0.2, 0) is 6.42 Å². The summed E-state index contributed by atoms with van der Waals surface area (Å²) in [5.74, 6) is 0. The Balaban J connectivity index is 2.35. The fourth-order valence-corrected chi connectivity index (χ4v) is 1.66. The fraction of sp³-hybridized carbons (Fsp3) is 0.556. The van der Waals surface area contributed by atoms with Crippen molar-refractivity contribution in [3.63, 3.8) is 0 Å². The largest absolute Gasteiger partial charge is 0.383 e. The van der Waals surface area contributed by atoms with Gasteiger partial charge in [0.05, 0.1) is 5.69 Å². The van der Waals surface area contributed by atoms with Crippen LogP contribution in [0.4, 0.5) is 5.69 Å². The number of aryl methyl sites for hydroxylation is 2. The molecule has 0 spiro atoms. The molecule has 0 bridgehead atoms. The Morgan fingerprint density at radius 3 is 3.18 bits per heavy atom. The second-order valence-corrected chi connectivity index (χ2v) is 3.21. The zero-order chi connectivity index (χ0) is 7.68. The highest BCUT2D eigenvalue weighted by Gasteiger charge is 2.09. The predicted octanol–water partition coefficient (Wildman–Crippen LogP) is 2.07. The van der Waals surface area contributed by atoms with Crippen molar-refractivity contribution in [2.75, 3.05) is 11.9 Å². The van der Waals surface area contributed by atoms with Crippen molar-refractivity contribution in [3.05, 3.63) is 17.5 Å². The van der Waals surface area contributed by atoms with Gasteiger partial charge in [-0.25, -0.2) is 0 Å². The van der Waals surface area contributed by atoms with Gasteiger partial charge in [0.1, 0.15) is 0 Å². The lowest BCUT2D eigenvalue weighted by atomic mass is 10.2. The number of nitrogens with one attached hydrogen (secondary N) is 2. The minimum atomic E-state index is 1.13. The van der Waals surface area contributed by atoms with E-state index in [1.807, 2.05) is 0 Å². The third-order valence-corrected chi connectivity index (χ3v) is 2.31. The average Bonchev–Trinajstić information content (AvgIpc) is 2.25. The van der Waals surface area contributed by atoms with Gasteiger partial charge in [0.2, 0.25) is 0 Å². The van der Waals surface area contributed by atoms with Gasteiger partial charge in [0.25, 0.3) is 0 Å². The smallest absolute Gasteiger partial charge is 0.0580 e. The fourth-order valence-electron chi connectivity index (χ4n) is 1.66. The van der Waals surface area contributed by atoms with Crippen molar-refractivity contribution in [2.45, 2.75) is 26.2 Å². The third kappa shape index (κ3) is 1.13. The standard InChI is InChI=1S/C9H14N2/c1-7-6-11-8-4-2-3-5-10-9(7)8/h6,10-11H,2-5H2,1H3. The molecule has 2 nitrogen and oxygen atoms in total. The summed E-state index contributed by atoms with van der Waals surface area (Å²) in [5, 5.41) is 3.44. The first-order valence-corrected chi connectivity index (χ1v) is 4.28. The monoisotopic (exact) mass is 150 g/mol. The van der Waals surface area contributed by atoms with Gasteiger partial charge in [-0.3, -0.25) is 0 Å². The van der Waals surface area contributed by atoms with Crippen LogP contribution in [0.5, 0.6) is 0 Å². The molecule has 2 heteroatoms. The van der Waals surface area contributed by atoms with Gasteiger partial charge in [-0.1, -0.05) is 0 Å². The Morgan fingerprint density at radius 1 is 1.36 bits per heavy atom. The Hall–Kier alpha value is -0.920. The van der Waals surface area contributed by atoms with Gasteiger partial charge in [-0.2, -0.15) is 0 Å². The highest BCUT2D eigenvalue weighted by Crippen LogP contribution is 2.23. The summed E-state index contributed by atoms with van der Waals surface area (Å²) in [4.78, 5) is 3.30. The van der Waals surface area contributed by atoms with Crippen LogP contribution in [0.2, 0.25) is 0 Å². The number of aromatic nitrogens is 1. The van der Waals surface area contributed by atoms with Gasteiger partial charge in [-0.05, 0) is 31.7 Å². The summed E-state index contributed by atoms with van der Waals surface area (Å²) in [6.07, 6.45) is 5.89. The molecule has 0 unspecified atom stereocenters. The summed E-state index contributed by atoms with van der Waals surface area (Å²) < 4.78 is 0. The molecule has 0 radical (unpaired) electrons. The van der Waals surface area contributed by atoms with Crippen LogP contribution >= 0.6 is 0 Å². The van der Waals surface area contributed by atoms with E-state index < -0.39 is 0 Å². The predicted molar refractivity (Wildman–Crippen MR) is 47.0 cm³/mol. The Labute approximate surface area is 67.0 Å². The van der Waals surface area contributed by atoms with Crippen molar-refractivity contribution in [1.82, 2.24) is 4.98 Å². The van der Waals surface area contributed by atoms with Crippen molar-refractivity contribution in [1.29, 1.82) is 0 Å². The Kier molecular flexibility index (Phi) is 1.60. The maximum Gasteiger partial charge on any atom is 0.0580 e. The molecule has 60 valence electrons. The quantitative estimate of drug-likeness (QED) is 0.582. The van der Waals surface area contributed by atoms with Gasteiger partial charge in [0, 0.05) is 18.4 Å². The van der Waals surface area contributed by atoms with Crippen molar-refractivity contribution in [3.8, 4) is 0 Å². The minimum Gasteiger partial charge on any atom is -0.383 e. The molecular formula is C9H14N2. The summed E-state index contributed by atoms with van der Waals surface area (Å²) in [5.41, 5.74) is 4.09. The number of H-pyrrole nitrogens is 1. The molecular weight excluding hydrogens is 136 g/mol. The van der Waals surface area contributed by atoms with Gasteiger partial charge < -0.3 is 10.3 Å². The lowest BCUT2D eigenvalue weighted by Crippen LogP contribution is -1.99. The second-order valence-electron chi connectivity index (χ2n) is 3.21. The van der Waals surface area contributed by atoms with Gasteiger partial charge in [0.15, 0.2) is 0 Å². The number of hydrogen-bond acceptors (Lipinski definition) is 1. The summed E-state index contributed by atoms with van der Waals surface area (Å²) >= 11 is 0. The van der Waals surface area contributed by atoms with E-state index in [2.05, 4.69) is 23.4 Å². The normalized spacial score (nSPS) is 16.8. The number of aromatic amines is 1. The van der Waals surface area contributed by atoms with E-state index in [-0.39, 0.29) is 0 Å². The molecule has 2 heterocycles. The molecule has 1 aliphatic rings. The van der Waals surface area contributed by atoms with Gasteiger partial charge >= 0.3 is 0 Å². The zero-order valence-electron chi connectivity index (χ0n) is 6.91. The molecule has 1 aliphatic heterocycles. The van der Waals surface area contributed by atoms with Crippen molar-refractivity contribution >= 4 is 5.69 Å². The first kappa shape index (κ1) is 6.77. The summed E-state index contributed by atoms with van der Waals surface area (Å²) in [6.45, 7) is 3.28. The molecule has 11 heavy (non-hydrogen) atoms. The molecule has 0 aliphatic carbocycles. The minimum absolute atomic E-state index is 1.13. The molecule has 0 saturated heterocycles. The van der Waals surface area contributed by atoms with Crippen molar-refractivity contribution < 1.29 is 0 Å². The van der Waals surface area contributed by atoms with E-state index in [4.69, 9.17) is 0 Å². The summed E-state index contributed by atoms with van der Waals surface area (Å²) in [7, 11) is 0. The van der Waals surface area contributed by atoms with E-state index in [9.17, 15) is 0 Å². The SMILES string of the molecule is Cc1c[nH]c2c1NCCCC2. The highest BCUT2D eigenvalue weighted by molar-refractivity contribution is 5.55. The van der Waals surface area contributed by atoms with Crippen LogP contribution in [0.1, 0.15) is 24.1 Å². The highest BCUT2D eigenvalue weighted by atomic mass is 14.9. The lowest BCUT2D eigenvalue weighted by molar-refractivity contribution is 0.774. The first-order valence-electron chi connectivity index (χ1n) is 4.28. The van der Waals surface area contributed by atoms with Crippen LogP contribution < -0.4 is 5.32 Å². The number of fused-ring (bicyclic) bond motifs is 1. The molecule has 0 saturated carbocycles. The van der Waals surface area contributed by atoms with E-state index >= 15 is 0 Å². The van der Waals surface area contributed by atoms with Crippen LogP contribution in [0.25, 0.3) is 0 Å². The third-order valence-electron chi connectivity index (χ3n) is 2.31. The van der Waals surface area contributed by atoms with Crippen molar-refractivity contribution in [2.24, 2.45) is 0 Å². The number of rotatable bonds is 0. The van der Waals surface area contributed by atoms with Crippen LogP contribution in [0, 0.1) is 6.92 Å². The second kappa shape index (κ2) is 2.61. The molecule has 0 atom stereocenters. The molecule has 2 N–H and O–H groups in total. The molecule has 1 aromatic heterocycles. The molecule has 0 fully saturated rings. The van der Waals surface area contributed by atoms with Crippen LogP contribution in [0.15, 0.2) is 6.20 Å². The molecule has 2 rings (SSSR count). The zero-order valence-corrected chi connectivity index (χ0v) is 6.91. The number of hydrogen-bond donors (Lipinski definition) is 2. The topological polar surface area (TPSA) is 27.8 Å².